The summed E-state index contributed by atoms with van der Waals surface area (Å²) in [5.41, 5.74) is 6.29. The lowest BCUT2D eigenvalue weighted by Crippen LogP contribution is -2.30. The number of aliphatic hydroxyl groups excluding tert-OH is 1. The summed E-state index contributed by atoms with van der Waals surface area (Å²) >= 11 is 0. The minimum absolute atomic E-state index is 0.0114. The average Bonchev–Trinajstić information content (AvgIpc) is 2.67. The molecule has 1 aliphatic heterocycles. The number of nitrogen functional groups attached to an aromatic ring is 1. The molecule has 4 N–H and O–H groups in total. The fourth-order valence-corrected chi connectivity index (χ4v) is 1.83. The third-order valence-corrected chi connectivity index (χ3v) is 2.72. The first-order valence-electron chi connectivity index (χ1n) is 5.14. The molecule has 5 nitrogen and oxygen atoms in total. The third-order valence-electron chi connectivity index (χ3n) is 2.72. The Bertz CT molecular complexity index is 420. The van der Waals surface area contributed by atoms with E-state index in [1.165, 1.54) is 23.1 Å². The molecule has 1 saturated heterocycles. The highest BCUT2D eigenvalue weighted by atomic mass is 16.3. The molecule has 1 aromatic rings. The van der Waals surface area contributed by atoms with E-state index in [2.05, 4.69) is 0 Å². The molecule has 1 aliphatic rings. The number of hydrogen-bond acceptors (Lipinski definition) is 4. The zero-order valence-corrected chi connectivity index (χ0v) is 8.76. The summed E-state index contributed by atoms with van der Waals surface area (Å²) in [6, 6.07) is 4.28. The number of nitrogens with zero attached hydrogens (tertiary/aromatic N) is 1. The first-order valence-corrected chi connectivity index (χ1v) is 5.14. The molecule has 0 saturated carbocycles. The summed E-state index contributed by atoms with van der Waals surface area (Å²) in [4.78, 5) is 13.5. The maximum atomic E-state index is 12.0. The summed E-state index contributed by atoms with van der Waals surface area (Å²) in [5.74, 6) is -0.234. The van der Waals surface area contributed by atoms with Crippen molar-refractivity contribution in [1.82, 2.24) is 4.90 Å². The van der Waals surface area contributed by atoms with Crippen LogP contribution in [-0.2, 0) is 0 Å². The lowest BCUT2D eigenvalue weighted by atomic mass is 10.1. The van der Waals surface area contributed by atoms with Crippen molar-refractivity contribution in [2.45, 2.75) is 12.5 Å². The Morgan fingerprint density at radius 2 is 2.25 bits per heavy atom. The van der Waals surface area contributed by atoms with Gasteiger partial charge in [-0.2, -0.15) is 0 Å². The van der Waals surface area contributed by atoms with Gasteiger partial charge in [0.05, 0.1) is 11.7 Å². The van der Waals surface area contributed by atoms with Crippen LogP contribution >= 0.6 is 0 Å². The van der Waals surface area contributed by atoms with E-state index in [4.69, 9.17) is 5.73 Å². The number of phenols is 1. The number of hydrogen-bond donors (Lipinski definition) is 3. The van der Waals surface area contributed by atoms with E-state index < -0.39 is 6.10 Å². The van der Waals surface area contributed by atoms with Crippen LogP contribution in [0.15, 0.2) is 18.2 Å². The second-order valence-corrected chi connectivity index (χ2v) is 3.97. The molecule has 1 amide bonds. The maximum absolute atomic E-state index is 12.0. The van der Waals surface area contributed by atoms with Gasteiger partial charge in [-0.15, -0.1) is 0 Å². The van der Waals surface area contributed by atoms with Crippen LogP contribution in [-0.4, -0.2) is 40.2 Å². The summed E-state index contributed by atoms with van der Waals surface area (Å²) in [7, 11) is 0. The standard InChI is InChI=1S/C11H14N2O3/c12-10-2-1-7(14)5-9(10)11(16)13-4-3-8(15)6-13/h1-2,5,8,14-15H,3-4,6,12H2. The number of aromatic hydroxyl groups is 1. The molecule has 0 radical (unpaired) electrons. The van der Waals surface area contributed by atoms with Crippen molar-refractivity contribution < 1.29 is 15.0 Å². The number of benzene rings is 1. The number of carbonyl (C=O) groups excluding carboxylic acids is 1. The molecule has 0 aromatic heterocycles. The molecule has 0 spiro atoms. The van der Waals surface area contributed by atoms with Crippen molar-refractivity contribution in [3.63, 3.8) is 0 Å². The summed E-state index contributed by atoms with van der Waals surface area (Å²) < 4.78 is 0. The summed E-state index contributed by atoms with van der Waals surface area (Å²) in [6.07, 6.45) is 0.132. The summed E-state index contributed by atoms with van der Waals surface area (Å²) in [6.45, 7) is 0.850. The van der Waals surface area contributed by atoms with Crippen LogP contribution in [0.3, 0.4) is 0 Å². The Morgan fingerprint density at radius 1 is 1.50 bits per heavy atom. The van der Waals surface area contributed by atoms with Gasteiger partial charge in [-0.3, -0.25) is 4.79 Å². The molecule has 1 atom stereocenters. The number of nitrogens with two attached hydrogens (primary N) is 1. The van der Waals surface area contributed by atoms with Crippen LogP contribution in [0.2, 0.25) is 0 Å². The first kappa shape index (κ1) is 10.8. The van der Waals surface area contributed by atoms with Gasteiger partial charge < -0.3 is 20.8 Å². The highest BCUT2D eigenvalue weighted by molar-refractivity contribution is 5.99. The van der Waals surface area contributed by atoms with Crippen LogP contribution in [0, 0.1) is 0 Å². The SMILES string of the molecule is Nc1ccc(O)cc1C(=O)N1CCC(O)C1. The highest BCUT2D eigenvalue weighted by Gasteiger charge is 2.26. The monoisotopic (exact) mass is 222 g/mol. The maximum Gasteiger partial charge on any atom is 0.256 e. The lowest BCUT2D eigenvalue weighted by molar-refractivity contribution is 0.0765. The Balaban J connectivity index is 2.23. The minimum atomic E-state index is -0.456. The molecule has 5 heteroatoms. The fourth-order valence-electron chi connectivity index (χ4n) is 1.83. The number of carbonyl (C=O) groups is 1. The number of amides is 1. The van der Waals surface area contributed by atoms with Crippen LogP contribution in [0.25, 0.3) is 0 Å². The van der Waals surface area contributed by atoms with Crippen molar-refractivity contribution in [3.8, 4) is 5.75 Å². The van der Waals surface area contributed by atoms with Gasteiger partial charge >= 0.3 is 0 Å². The molecule has 1 fully saturated rings. The van der Waals surface area contributed by atoms with Gasteiger partial charge in [0.15, 0.2) is 0 Å². The van der Waals surface area contributed by atoms with E-state index >= 15 is 0 Å². The predicted octanol–water partition coefficient (Wildman–Crippen LogP) is 0.181. The van der Waals surface area contributed by atoms with Crippen molar-refractivity contribution in [1.29, 1.82) is 0 Å². The molecule has 1 unspecified atom stereocenters. The molecule has 2 rings (SSSR count). The van der Waals surface area contributed by atoms with Crippen molar-refractivity contribution >= 4 is 11.6 Å². The second-order valence-electron chi connectivity index (χ2n) is 3.97. The number of phenolic OH excluding ortho intramolecular Hbond substituents is 1. The van der Waals surface area contributed by atoms with Crippen molar-refractivity contribution in [3.05, 3.63) is 23.8 Å². The Morgan fingerprint density at radius 3 is 2.88 bits per heavy atom. The molecule has 86 valence electrons. The Kier molecular flexibility index (Phi) is 2.70. The van der Waals surface area contributed by atoms with E-state index in [-0.39, 0.29) is 17.2 Å². The highest BCUT2D eigenvalue weighted by Crippen LogP contribution is 2.22. The quantitative estimate of drug-likeness (QED) is 0.467. The van der Waals surface area contributed by atoms with Crippen LogP contribution in [0.5, 0.6) is 5.75 Å². The average molecular weight is 222 g/mol. The van der Waals surface area contributed by atoms with E-state index in [0.29, 0.717) is 25.2 Å². The van der Waals surface area contributed by atoms with Gasteiger partial charge in [-0.1, -0.05) is 0 Å². The normalized spacial score (nSPS) is 20.1. The first-order chi connectivity index (χ1) is 7.58. The van der Waals surface area contributed by atoms with Gasteiger partial charge in [0.25, 0.3) is 5.91 Å². The number of anilines is 1. The summed E-state index contributed by atoms with van der Waals surface area (Å²) in [5, 5.41) is 18.7. The number of aliphatic hydroxyl groups is 1. The zero-order valence-electron chi connectivity index (χ0n) is 8.76. The van der Waals surface area contributed by atoms with Crippen LogP contribution < -0.4 is 5.73 Å². The molecule has 1 aromatic carbocycles. The molecular formula is C11H14N2O3. The van der Waals surface area contributed by atoms with Crippen molar-refractivity contribution in [2.75, 3.05) is 18.8 Å². The third kappa shape index (κ3) is 1.94. The van der Waals surface area contributed by atoms with Gasteiger partial charge in [-0.05, 0) is 24.6 Å². The minimum Gasteiger partial charge on any atom is -0.508 e. The Labute approximate surface area is 93.1 Å². The lowest BCUT2D eigenvalue weighted by Gasteiger charge is -2.16. The van der Waals surface area contributed by atoms with Crippen LogP contribution in [0.1, 0.15) is 16.8 Å². The zero-order chi connectivity index (χ0) is 11.7. The molecule has 0 aliphatic carbocycles. The number of β-amino-alcohol motifs (C(OH)–C–C–N with tert-alkyl or cyclic N) is 1. The van der Waals surface area contributed by atoms with E-state index in [0.717, 1.165) is 0 Å². The topological polar surface area (TPSA) is 86.8 Å². The van der Waals surface area contributed by atoms with E-state index in [9.17, 15) is 15.0 Å². The fraction of sp³-hybridized carbons (Fsp3) is 0.364. The van der Waals surface area contributed by atoms with Crippen molar-refractivity contribution in [2.24, 2.45) is 0 Å². The predicted molar refractivity (Wildman–Crippen MR) is 59.0 cm³/mol. The molecule has 1 heterocycles. The smallest absolute Gasteiger partial charge is 0.256 e. The van der Waals surface area contributed by atoms with Crippen LogP contribution in [0.4, 0.5) is 5.69 Å². The van der Waals surface area contributed by atoms with E-state index in [1.807, 2.05) is 0 Å². The van der Waals surface area contributed by atoms with Gasteiger partial charge in [0.2, 0.25) is 0 Å². The Hall–Kier alpha value is -1.75. The largest absolute Gasteiger partial charge is 0.508 e. The second kappa shape index (κ2) is 4.02. The van der Waals surface area contributed by atoms with Gasteiger partial charge in [0.1, 0.15) is 5.75 Å². The molecule has 16 heavy (non-hydrogen) atoms. The number of rotatable bonds is 1. The van der Waals surface area contributed by atoms with Gasteiger partial charge in [-0.25, -0.2) is 0 Å². The molecule has 0 bridgehead atoms. The van der Waals surface area contributed by atoms with Gasteiger partial charge in [0, 0.05) is 18.8 Å². The van der Waals surface area contributed by atoms with E-state index in [1.54, 1.807) is 0 Å². The molecular weight excluding hydrogens is 208 g/mol. The number of likely N-dealkylation sites (tertiary alicyclic amines) is 1.